The van der Waals surface area contributed by atoms with E-state index in [0.29, 0.717) is 11.8 Å². The minimum atomic E-state index is -0.574. The summed E-state index contributed by atoms with van der Waals surface area (Å²) >= 11 is 1.98. The van der Waals surface area contributed by atoms with Crippen LogP contribution in [-0.4, -0.2) is 12.2 Å². The smallest absolute Gasteiger partial charge is 0.249 e. The average Bonchev–Trinajstić information content (AvgIpc) is 2.03. The normalized spacial score (nSPS) is 9.42. The number of hydrogen-bond donors (Lipinski definition) is 1. The molecule has 1 rings (SSSR count). The zero-order valence-electron chi connectivity index (χ0n) is 6.08. The Morgan fingerprint density at radius 2 is 2.17 bits per heavy atom. The number of carbonyl (C=O) groups excluding carboxylic acids is 2. The van der Waals surface area contributed by atoms with E-state index in [0.717, 1.165) is 3.57 Å². The van der Waals surface area contributed by atoms with E-state index in [4.69, 9.17) is 5.73 Å². The monoisotopic (exact) mass is 275 g/mol. The summed E-state index contributed by atoms with van der Waals surface area (Å²) in [6.07, 6.45) is 0.641. The van der Waals surface area contributed by atoms with Gasteiger partial charge in [-0.2, -0.15) is 0 Å². The summed E-state index contributed by atoms with van der Waals surface area (Å²) in [5, 5.41) is 0. The highest BCUT2D eigenvalue weighted by molar-refractivity contribution is 14.1. The maximum atomic E-state index is 10.8. The summed E-state index contributed by atoms with van der Waals surface area (Å²) in [7, 11) is 0. The first-order chi connectivity index (χ1) is 5.66. The summed E-state index contributed by atoms with van der Waals surface area (Å²) in [4.78, 5) is 21.3. The number of nitrogens with two attached hydrogens (primary N) is 1. The van der Waals surface area contributed by atoms with Crippen LogP contribution in [-0.2, 0) is 0 Å². The Morgan fingerprint density at radius 1 is 1.50 bits per heavy atom. The lowest BCUT2D eigenvalue weighted by atomic mass is 10.1. The summed E-state index contributed by atoms with van der Waals surface area (Å²) in [5.41, 5.74) is 5.70. The third-order valence-electron chi connectivity index (χ3n) is 1.44. The van der Waals surface area contributed by atoms with Crippen LogP contribution < -0.4 is 5.73 Å². The summed E-state index contributed by atoms with van der Waals surface area (Å²) in [6.45, 7) is 0. The fourth-order valence-corrected chi connectivity index (χ4v) is 1.50. The largest absolute Gasteiger partial charge is 0.366 e. The van der Waals surface area contributed by atoms with E-state index >= 15 is 0 Å². The molecule has 4 heteroatoms. The van der Waals surface area contributed by atoms with E-state index in [-0.39, 0.29) is 5.56 Å². The quantitative estimate of drug-likeness (QED) is 0.651. The van der Waals surface area contributed by atoms with Gasteiger partial charge >= 0.3 is 0 Å². The van der Waals surface area contributed by atoms with E-state index in [1.165, 1.54) is 6.07 Å². The fourth-order valence-electron chi connectivity index (χ4n) is 0.872. The van der Waals surface area contributed by atoms with Gasteiger partial charge in [-0.15, -0.1) is 0 Å². The van der Waals surface area contributed by atoms with Crippen molar-refractivity contribution in [1.29, 1.82) is 0 Å². The van der Waals surface area contributed by atoms with E-state index in [9.17, 15) is 9.59 Å². The van der Waals surface area contributed by atoms with Gasteiger partial charge in [0.2, 0.25) is 5.91 Å². The van der Waals surface area contributed by atoms with Crippen molar-refractivity contribution in [2.24, 2.45) is 5.73 Å². The first-order valence-corrected chi connectivity index (χ1v) is 4.28. The molecule has 0 aliphatic carbocycles. The van der Waals surface area contributed by atoms with Gasteiger partial charge in [0.25, 0.3) is 0 Å². The van der Waals surface area contributed by atoms with Crippen LogP contribution in [0.5, 0.6) is 0 Å². The molecule has 1 aromatic rings. The number of rotatable bonds is 2. The molecule has 1 amide bonds. The van der Waals surface area contributed by atoms with Crippen LogP contribution in [0.2, 0.25) is 0 Å². The molecule has 0 fully saturated rings. The van der Waals surface area contributed by atoms with Gasteiger partial charge in [-0.25, -0.2) is 0 Å². The van der Waals surface area contributed by atoms with Crippen LogP contribution in [0, 0.1) is 3.57 Å². The molecule has 0 aliphatic rings. The minimum Gasteiger partial charge on any atom is -0.366 e. The Morgan fingerprint density at radius 3 is 2.58 bits per heavy atom. The van der Waals surface area contributed by atoms with E-state index in [1.807, 2.05) is 22.6 Å². The van der Waals surface area contributed by atoms with Gasteiger partial charge in [0.05, 0.1) is 5.56 Å². The number of halogens is 1. The SMILES string of the molecule is NC(=O)c1cccc(I)c1C=O. The topological polar surface area (TPSA) is 60.2 Å². The third kappa shape index (κ3) is 1.63. The lowest BCUT2D eigenvalue weighted by Crippen LogP contribution is -2.14. The van der Waals surface area contributed by atoms with Crippen LogP contribution in [0.4, 0.5) is 0 Å². The molecule has 3 nitrogen and oxygen atoms in total. The van der Waals surface area contributed by atoms with Gasteiger partial charge in [0, 0.05) is 9.13 Å². The van der Waals surface area contributed by atoms with Gasteiger partial charge < -0.3 is 5.73 Å². The minimum absolute atomic E-state index is 0.275. The van der Waals surface area contributed by atoms with E-state index < -0.39 is 5.91 Å². The number of benzene rings is 1. The molecule has 0 aliphatic heterocycles. The standard InChI is InChI=1S/C8H6INO2/c9-7-3-1-2-5(8(10)12)6(7)4-11/h1-4H,(H2,10,12). The maximum Gasteiger partial charge on any atom is 0.249 e. The van der Waals surface area contributed by atoms with Gasteiger partial charge in [0.15, 0.2) is 6.29 Å². The van der Waals surface area contributed by atoms with Gasteiger partial charge in [-0.1, -0.05) is 6.07 Å². The van der Waals surface area contributed by atoms with Gasteiger partial charge in [-0.3, -0.25) is 9.59 Å². The van der Waals surface area contributed by atoms with Crippen LogP contribution in [0.3, 0.4) is 0 Å². The Hall–Kier alpha value is -0.910. The first kappa shape index (κ1) is 9.18. The summed E-state index contributed by atoms with van der Waals surface area (Å²) < 4.78 is 0.735. The van der Waals surface area contributed by atoms with Crippen molar-refractivity contribution in [3.05, 3.63) is 32.9 Å². The van der Waals surface area contributed by atoms with Crippen LogP contribution in [0.15, 0.2) is 18.2 Å². The highest BCUT2D eigenvalue weighted by Gasteiger charge is 2.09. The molecule has 0 atom stereocenters. The van der Waals surface area contributed by atoms with Crippen molar-refractivity contribution in [1.82, 2.24) is 0 Å². The lowest BCUT2D eigenvalue weighted by Gasteiger charge is -2.00. The molecule has 62 valence electrons. The van der Waals surface area contributed by atoms with Gasteiger partial charge in [-0.05, 0) is 34.7 Å². The average molecular weight is 275 g/mol. The number of amides is 1. The molecule has 0 heterocycles. The second-order valence-electron chi connectivity index (χ2n) is 2.18. The lowest BCUT2D eigenvalue weighted by molar-refractivity contribution is 0.0993. The van der Waals surface area contributed by atoms with Crippen molar-refractivity contribution in [3.63, 3.8) is 0 Å². The summed E-state index contributed by atoms with van der Waals surface area (Å²) in [6, 6.07) is 4.97. The zero-order valence-corrected chi connectivity index (χ0v) is 8.24. The van der Waals surface area contributed by atoms with E-state index in [2.05, 4.69) is 0 Å². The second-order valence-corrected chi connectivity index (χ2v) is 3.35. The van der Waals surface area contributed by atoms with Crippen LogP contribution in [0.25, 0.3) is 0 Å². The molecule has 12 heavy (non-hydrogen) atoms. The Labute approximate surface area is 83.1 Å². The van der Waals surface area contributed by atoms with Crippen molar-refractivity contribution in [2.45, 2.75) is 0 Å². The van der Waals surface area contributed by atoms with Crippen molar-refractivity contribution < 1.29 is 9.59 Å². The maximum absolute atomic E-state index is 10.8. The predicted molar refractivity (Wildman–Crippen MR) is 53.1 cm³/mol. The molecule has 0 radical (unpaired) electrons. The second kappa shape index (κ2) is 3.66. The van der Waals surface area contributed by atoms with Crippen LogP contribution in [0.1, 0.15) is 20.7 Å². The molecular weight excluding hydrogens is 269 g/mol. The summed E-state index contributed by atoms with van der Waals surface area (Å²) in [5.74, 6) is -0.574. The molecule has 0 bridgehead atoms. The molecule has 0 aromatic heterocycles. The van der Waals surface area contributed by atoms with Gasteiger partial charge in [0.1, 0.15) is 0 Å². The number of hydrogen-bond acceptors (Lipinski definition) is 2. The number of carbonyl (C=O) groups is 2. The van der Waals surface area contributed by atoms with Crippen molar-refractivity contribution in [3.8, 4) is 0 Å². The highest BCUT2D eigenvalue weighted by atomic mass is 127. The fraction of sp³-hybridized carbons (Fsp3) is 0. The van der Waals surface area contributed by atoms with Crippen LogP contribution >= 0.6 is 22.6 Å². The first-order valence-electron chi connectivity index (χ1n) is 3.20. The Balaban J connectivity index is 3.37. The number of primary amides is 1. The predicted octanol–water partition coefficient (Wildman–Crippen LogP) is 1.20. The Kier molecular flexibility index (Phi) is 2.80. The molecule has 2 N–H and O–H groups in total. The molecular formula is C8H6INO2. The zero-order chi connectivity index (χ0) is 9.14. The van der Waals surface area contributed by atoms with Crippen molar-refractivity contribution in [2.75, 3.05) is 0 Å². The molecule has 0 saturated heterocycles. The third-order valence-corrected chi connectivity index (χ3v) is 2.38. The molecule has 1 aromatic carbocycles. The Bertz CT molecular complexity index is 336. The molecule has 0 spiro atoms. The van der Waals surface area contributed by atoms with E-state index in [1.54, 1.807) is 12.1 Å². The molecule has 0 unspecified atom stereocenters. The number of aldehydes is 1. The molecule has 0 saturated carbocycles. The van der Waals surface area contributed by atoms with Crippen molar-refractivity contribution >= 4 is 34.8 Å². The highest BCUT2D eigenvalue weighted by Crippen LogP contribution is 2.14.